The number of hydrogen-bond donors (Lipinski definition) is 1. The van der Waals surface area contributed by atoms with Gasteiger partial charge in [0.05, 0.1) is 5.41 Å². The van der Waals surface area contributed by atoms with Crippen LogP contribution in [0, 0.1) is 0 Å². The fraction of sp³-hybridized carbons (Fsp3) is 0.571. The maximum atomic E-state index is 13.5. The van der Waals surface area contributed by atoms with Crippen molar-refractivity contribution in [2.75, 3.05) is 12.8 Å². The van der Waals surface area contributed by atoms with Gasteiger partial charge in [0.25, 0.3) is 0 Å². The van der Waals surface area contributed by atoms with Gasteiger partial charge in [-0.25, -0.2) is 8.78 Å². The van der Waals surface area contributed by atoms with Crippen molar-refractivity contribution in [2.45, 2.75) is 43.0 Å². The van der Waals surface area contributed by atoms with Crippen LogP contribution in [-0.4, -0.2) is 25.3 Å². The van der Waals surface area contributed by atoms with Gasteiger partial charge >= 0.3 is 0 Å². The van der Waals surface area contributed by atoms with E-state index in [1.165, 1.54) is 10.5 Å². The fourth-order valence-corrected chi connectivity index (χ4v) is 3.44. The smallest absolute Gasteiger partial charge is 0.249 e. The van der Waals surface area contributed by atoms with Crippen LogP contribution < -0.4 is 5.32 Å². The first-order valence-corrected chi connectivity index (χ1v) is 7.20. The Morgan fingerprint density at radius 3 is 2.72 bits per heavy atom. The zero-order valence-electron chi connectivity index (χ0n) is 11.0. The molecule has 2 atom stereocenters. The van der Waals surface area contributed by atoms with Gasteiger partial charge in [-0.05, 0) is 44.5 Å². The predicted octanol–water partition coefficient (Wildman–Crippen LogP) is 3.47. The van der Waals surface area contributed by atoms with Crippen molar-refractivity contribution in [1.29, 1.82) is 0 Å². The minimum atomic E-state index is -2.38. The normalized spacial score (nSPS) is 19.7. The van der Waals surface area contributed by atoms with E-state index in [-0.39, 0.29) is 6.04 Å². The Morgan fingerprint density at radius 2 is 2.11 bits per heavy atom. The average Bonchev–Trinajstić information content (AvgIpc) is 2.83. The van der Waals surface area contributed by atoms with Crippen molar-refractivity contribution < 1.29 is 8.78 Å². The Kier molecular flexibility index (Phi) is 3.97. The standard InChI is InChI=1S/C14H19F2NS/c1-9(17-3)14(2,13(15)16)11-4-5-12-10(8-11)6-7-18-12/h4-5,8-9,13,17H,6-7H2,1-3H3. The number of alkyl halides is 2. The molecule has 2 rings (SSSR count). The molecule has 1 aliphatic heterocycles. The Bertz CT molecular complexity index is 436. The number of fused-ring (bicyclic) bond motifs is 1. The summed E-state index contributed by atoms with van der Waals surface area (Å²) in [6, 6.07) is 5.54. The lowest BCUT2D eigenvalue weighted by molar-refractivity contribution is 0.0406. The summed E-state index contributed by atoms with van der Waals surface area (Å²) in [5.74, 6) is 1.06. The number of nitrogens with one attached hydrogen (secondary N) is 1. The van der Waals surface area contributed by atoms with Crippen LogP contribution in [0.5, 0.6) is 0 Å². The summed E-state index contributed by atoms with van der Waals surface area (Å²) in [6.45, 7) is 3.46. The first-order valence-electron chi connectivity index (χ1n) is 6.21. The molecule has 2 unspecified atom stereocenters. The van der Waals surface area contributed by atoms with E-state index in [2.05, 4.69) is 5.32 Å². The first kappa shape index (κ1) is 13.8. The minimum absolute atomic E-state index is 0.274. The quantitative estimate of drug-likeness (QED) is 0.900. The summed E-state index contributed by atoms with van der Waals surface area (Å²) in [5, 5.41) is 2.97. The lowest BCUT2D eigenvalue weighted by Gasteiger charge is -2.35. The molecule has 100 valence electrons. The Morgan fingerprint density at radius 1 is 1.39 bits per heavy atom. The zero-order chi connectivity index (χ0) is 13.3. The molecule has 1 heterocycles. The van der Waals surface area contributed by atoms with Crippen LogP contribution >= 0.6 is 11.8 Å². The van der Waals surface area contributed by atoms with Gasteiger partial charge < -0.3 is 5.32 Å². The molecule has 0 aliphatic carbocycles. The molecule has 1 nitrogen and oxygen atoms in total. The van der Waals surface area contributed by atoms with Crippen LogP contribution in [0.25, 0.3) is 0 Å². The molecule has 0 radical (unpaired) electrons. The zero-order valence-corrected chi connectivity index (χ0v) is 11.8. The number of rotatable bonds is 4. The van der Waals surface area contributed by atoms with Gasteiger partial charge in [0.2, 0.25) is 6.43 Å². The number of aryl methyl sites for hydroxylation is 1. The van der Waals surface area contributed by atoms with Gasteiger partial charge in [-0.3, -0.25) is 0 Å². The number of hydrogen-bond acceptors (Lipinski definition) is 2. The van der Waals surface area contributed by atoms with E-state index in [1.807, 2.05) is 25.1 Å². The monoisotopic (exact) mass is 271 g/mol. The largest absolute Gasteiger partial charge is 0.316 e. The molecule has 0 amide bonds. The van der Waals surface area contributed by atoms with Crippen LogP contribution in [0.4, 0.5) is 8.78 Å². The molecule has 18 heavy (non-hydrogen) atoms. The Hall–Kier alpha value is -0.610. The highest BCUT2D eigenvalue weighted by Crippen LogP contribution is 2.39. The molecule has 1 aliphatic rings. The van der Waals surface area contributed by atoms with Crippen molar-refractivity contribution in [1.82, 2.24) is 5.32 Å². The van der Waals surface area contributed by atoms with Crippen molar-refractivity contribution in [2.24, 2.45) is 0 Å². The highest BCUT2D eigenvalue weighted by Gasteiger charge is 2.41. The van der Waals surface area contributed by atoms with E-state index in [4.69, 9.17) is 0 Å². The van der Waals surface area contributed by atoms with E-state index in [0.29, 0.717) is 0 Å². The molecule has 1 aromatic rings. The van der Waals surface area contributed by atoms with E-state index in [0.717, 1.165) is 17.7 Å². The van der Waals surface area contributed by atoms with Crippen LogP contribution in [0.15, 0.2) is 23.1 Å². The highest BCUT2D eigenvalue weighted by molar-refractivity contribution is 7.99. The molecule has 1 aromatic carbocycles. The first-order chi connectivity index (χ1) is 8.50. The second-order valence-corrected chi connectivity index (χ2v) is 6.15. The second kappa shape index (κ2) is 5.17. The molecular formula is C14H19F2NS. The maximum Gasteiger partial charge on any atom is 0.249 e. The van der Waals surface area contributed by atoms with Crippen molar-refractivity contribution in [3.8, 4) is 0 Å². The lowest BCUT2D eigenvalue weighted by Crippen LogP contribution is -2.48. The molecule has 4 heteroatoms. The lowest BCUT2D eigenvalue weighted by atomic mass is 9.76. The molecule has 0 bridgehead atoms. The molecule has 0 saturated carbocycles. The van der Waals surface area contributed by atoms with Crippen LogP contribution in [0.2, 0.25) is 0 Å². The predicted molar refractivity (Wildman–Crippen MR) is 72.7 cm³/mol. The van der Waals surface area contributed by atoms with Crippen LogP contribution in [0.3, 0.4) is 0 Å². The van der Waals surface area contributed by atoms with Crippen molar-refractivity contribution in [3.05, 3.63) is 29.3 Å². The van der Waals surface area contributed by atoms with E-state index >= 15 is 0 Å². The molecule has 0 saturated heterocycles. The van der Waals surface area contributed by atoms with E-state index in [1.54, 1.807) is 25.7 Å². The third-order valence-electron chi connectivity index (χ3n) is 4.10. The van der Waals surface area contributed by atoms with Gasteiger partial charge in [-0.1, -0.05) is 12.1 Å². The van der Waals surface area contributed by atoms with Gasteiger partial charge in [-0.2, -0.15) is 0 Å². The summed E-state index contributed by atoms with van der Waals surface area (Å²) >= 11 is 1.81. The van der Waals surface area contributed by atoms with Crippen molar-refractivity contribution in [3.63, 3.8) is 0 Å². The minimum Gasteiger partial charge on any atom is -0.316 e. The third kappa shape index (κ3) is 2.16. The summed E-state index contributed by atoms with van der Waals surface area (Å²) in [5.41, 5.74) is 0.810. The van der Waals surface area contributed by atoms with Crippen LogP contribution in [-0.2, 0) is 11.8 Å². The van der Waals surface area contributed by atoms with Gasteiger partial charge in [0.1, 0.15) is 0 Å². The highest BCUT2D eigenvalue weighted by atomic mass is 32.2. The number of thioether (sulfide) groups is 1. The Balaban J connectivity index is 2.43. The summed E-state index contributed by atoms with van der Waals surface area (Å²) < 4.78 is 27.0. The third-order valence-corrected chi connectivity index (χ3v) is 5.21. The SMILES string of the molecule is CNC(C)C(C)(c1ccc2c(c1)CCS2)C(F)F. The molecule has 0 spiro atoms. The van der Waals surface area contributed by atoms with Gasteiger partial charge in [0.15, 0.2) is 0 Å². The Labute approximate surface area is 111 Å². The summed E-state index contributed by atoms with van der Waals surface area (Å²) in [7, 11) is 1.73. The summed E-state index contributed by atoms with van der Waals surface area (Å²) in [4.78, 5) is 1.24. The number of halogens is 2. The van der Waals surface area contributed by atoms with E-state index < -0.39 is 11.8 Å². The van der Waals surface area contributed by atoms with Crippen molar-refractivity contribution >= 4 is 11.8 Å². The molecular weight excluding hydrogens is 252 g/mol. The second-order valence-electron chi connectivity index (χ2n) is 5.01. The average molecular weight is 271 g/mol. The number of likely N-dealkylation sites (N-methyl/N-ethyl adjacent to an activating group) is 1. The topological polar surface area (TPSA) is 12.0 Å². The van der Waals surface area contributed by atoms with Crippen LogP contribution in [0.1, 0.15) is 25.0 Å². The van der Waals surface area contributed by atoms with Gasteiger partial charge in [-0.15, -0.1) is 11.8 Å². The summed E-state index contributed by atoms with van der Waals surface area (Å²) in [6.07, 6.45) is -1.40. The molecule has 0 aromatic heterocycles. The molecule has 1 N–H and O–H groups in total. The van der Waals surface area contributed by atoms with Gasteiger partial charge in [0, 0.05) is 16.7 Å². The molecule has 0 fully saturated rings. The fourth-order valence-electron chi connectivity index (χ4n) is 2.39. The van der Waals surface area contributed by atoms with E-state index in [9.17, 15) is 8.78 Å². The number of benzene rings is 1. The maximum absolute atomic E-state index is 13.5.